The van der Waals surface area contributed by atoms with Crippen LogP contribution in [0.5, 0.6) is 0 Å². The van der Waals surface area contributed by atoms with Crippen LogP contribution in [0.4, 0.5) is 4.39 Å². The molecule has 128 valence electrons. The summed E-state index contributed by atoms with van der Waals surface area (Å²) in [5.74, 6) is -0.433. The number of hydrogen-bond donors (Lipinski definition) is 1. The molecule has 0 spiro atoms. The number of rotatable bonds is 2. The van der Waals surface area contributed by atoms with Crippen molar-refractivity contribution in [1.29, 1.82) is 0 Å². The van der Waals surface area contributed by atoms with Gasteiger partial charge in [0.2, 0.25) is 0 Å². The molecule has 2 aliphatic carbocycles. The van der Waals surface area contributed by atoms with Gasteiger partial charge in [0.1, 0.15) is 11.6 Å². The van der Waals surface area contributed by atoms with Gasteiger partial charge in [-0.1, -0.05) is 29.3 Å². The minimum Gasteiger partial charge on any atom is -0.511 e. The van der Waals surface area contributed by atoms with Crippen LogP contribution in [-0.4, -0.2) is 10.9 Å². The SMILES string of the molecule is O=C1C(c2cc(-c3ccc(Cl)cc3F)ccc2Cl)=C(O)[C@H]2CC[C@@H]1C2. The number of carbonyl (C=O) groups is 1. The zero-order valence-corrected chi connectivity index (χ0v) is 14.7. The van der Waals surface area contributed by atoms with E-state index in [0.29, 0.717) is 38.7 Å². The number of hydrogen-bond acceptors (Lipinski definition) is 2. The summed E-state index contributed by atoms with van der Waals surface area (Å²) in [6, 6.07) is 9.43. The Morgan fingerprint density at radius 3 is 2.52 bits per heavy atom. The molecule has 2 nitrogen and oxygen atoms in total. The van der Waals surface area contributed by atoms with Gasteiger partial charge in [-0.3, -0.25) is 4.79 Å². The number of halogens is 3. The smallest absolute Gasteiger partial charge is 0.170 e. The fraction of sp³-hybridized carbons (Fsp3) is 0.250. The Balaban J connectivity index is 1.86. The molecule has 2 bridgehead atoms. The van der Waals surface area contributed by atoms with Crippen LogP contribution in [0.1, 0.15) is 24.8 Å². The molecule has 0 aliphatic heterocycles. The first-order valence-electron chi connectivity index (χ1n) is 8.18. The van der Waals surface area contributed by atoms with Crippen LogP contribution in [0.2, 0.25) is 10.0 Å². The maximum Gasteiger partial charge on any atom is 0.170 e. The second-order valence-electron chi connectivity index (χ2n) is 6.65. The van der Waals surface area contributed by atoms with Gasteiger partial charge in [-0.05, 0) is 55.2 Å². The molecule has 0 amide bonds. The van der Waals surface area contributed by atoms with Crippen molar-refractivity contribution in [1.82, 2.24) is 0 Å². The highest BCUT2D eigenvalue weighted by molar-refractivity contribution is 6.35. The van der Waals surface area contributed by atoms with Crippen molar-refractivity contribution >= 4 is 34.6 Å². The van der Waals surface area contributed by atoms with Gasteiger partial charge in [0.25, 0.3) is 0 Å². The summed E-state index contributed by atoms with van der Waals surface area (Å²) in [4.78, 5) is 12.7. The molecule has 2 aromatic carbocycles. The van der Waals surface area contributed by atoms with E-state index in [4.69, 9.17) is 23.2 Å². The number of benzene rings is 2. The molecule has 0 radical (unpaired) electrons. The third-order valence-corrected chi connectivity index (χ3v) is 5.74. The Morgan fingerprint density at radius 2 is 1.76 bits per heavy atom. The molecular weight excluding hydrogens is 362 g/mol. The number of fused-ring (bicyclic) bond motifs is 2. The van der Waals surface area contributed by atoms with Gasteiger partial charge in [0.05, 0.1) is 5.57 Å². The lowest BCUT2D eigenvalue weighted by Crippen LogP contribution is -2.21. The summed E-state index contributed by atoms with van der Waals surface area (Å²) >= 11 is 12.1. The third kappa shape index (κ3) is 2.76. The van der Waals surface area contributed by atoms with Gasteiger partial charge < -0.3 is 5.11 Å². The van der Waals surface area contributed by atoms with Crippen molar-refractivity contribution in [2.75, 3.05) is 0 Å². The van der Waals surface area contributed by atoms with Crippen LogP contribution in [0, 0.1) is 17.7 Å². The van der Waals surface area contributed by atoms with Crippen molar-refractivity contribution in [2.45, 2.75) is 19.3 Å². The molecule has 5 heteroatoms. The number of allylic oxidation sites excluding steroid dienone is 2. The molecule has 1 fully saturated rings. The molecular formula is C20H15Cl2FO2. The number of aliphatic hydroxyl groups is 1. The van der Waals surface area contributed by atoms with E-state index in [2.05, 4.69) is 0 Å². The van der Waals surface area contributed by atoms with E-state index in [9.17, 15) is 14.3 Å². The average Bonchev–Trinajstić information content (AvgIpc) is 3.02. The molecule has 0 heterocycles. The summed E-state index contributed by atoms with van der Waals surface area (Å²) in [7, 11) is 0. The Bertz CT molecular complexity index is 920. The first kappa shape index (κ1) is 16.6. The summed E-state index contributed by atoms with van der Waals surface area (Å²) in [6.07, 6.45) is 2.31. The quantitative estimate of drug-likeness (QED) is 0.690. The second-order valence-corrected chi connectivity index (χ2v) is 7.49. The van der Waals surface area contributed by atoms with E-state index in [1.54, 1.807) is 30.3 Å². The first-order chi connectivity index (χ1) is 12.0. The van der Waals surface area contributed by atoms with Crippen LogP contribution in [0.3, 0.4) is 0 Å². The molecule has 2 aromatic rings. The molecule has 2 aliphatic rings. The molecule has 2 atom stereocenters. The van der Waals surface area contributed by atoms with Gasteiger partial charge in [0, 0.05) is 33.0 Å². The van der Waals surface area contributed by atoms with Crippen LogP contribution in [0.25, 0.3) is 16.7 Å². The van der Waals surface area contributed by atoms with E-state index in [1.807, 2.05) is 0 Å². The maximum absolute atomic E-state index is 14.3. The van der Waals surface area contributed by atoms with Crippen LogP contribution >= 0.6 is 23.2 Å². The maximum atomic E-state index is 14.3. The van der Waals surface area contributed by atoms with Gasteiger partial charge in [-0.15, -0.1) is 0 Å². The number of carbonyl (C=O) groups excluding carboxylic acids is 1. The molecule has 1 N–H and O–H groups in total. The Hall–Kier alpha value is -1.84. The van der Waals surface area contributed by atoms with Gasteiger partial charge in [0.15, 0.2) is 5.78 Å². The lowest BCUT2D eigenvalue weighted by atomic mass is 9.83. The van der Waals surface area contributed by atoms with Crippen molar-refractivity contribution in [3.63, 3.8) is 0 Å². The predicted octanol–water partition coefficient (Wildman–Crippen LogP) is 6.07. The standard InChI is InChI=1S/C20H15Cl2FO2/c21-13-4-5-14(17(23)9-13)10-3-6-16(22)15(8-10)18-19(24)11-1-2-12(7-11)20(18)25/h3-6,8-9,11-12,24H,1-2,7H2/t11-,12+/m0/s1. The lowest BCUT2D eigenvalue weighted by molar-refractivity contribution is -0.117. The number of Topliss-reactive ketones (excluding diaryl/α,β-unsaturated/α-hetero) is 1. The first-order valence-corrected chi connectivity index (χ1v) is 8.94. The lowest BCUT2D eigenvalue weighted by Gasteiger charge is -2.22. The zero-order valence-electron chi connectivity index (χ0n) is 13.2. The van der Waals surface area contributed by atoms with Gasteiger partial charge >= 0.3 is 0 Å². The Kier molecular flexibility index (Phi) is 4.09. The highest BCUT2D eigenvalue weighted by Crippen LogP contribution is 2.46. The molecule has 0 saturated heterocycles. The van der Waals surface area contributed by atoms with Crippen molar-refractivity contribution < 1.29 is 14.3 Å². The van der Waals surface area contributed by atoms with E-state index in [1.165, 1.54) is 6.07 Å². The predicted molar refractivity (Wildman–Crippen MR) is 97.2 cm³/mol. The van der Waals surface area contributed by atoms with E-state index >= 15 is 0 Å². The fourth-order valence-electron chi connectivity index (χ4n) is 3.88. The monoisotopic (exact) mass is 376 g/mol. The van der Waals surface area contributed by atoms with Gasteiger partial charge in [-0.2, -0.15) is 0 Å². The molecule has 25 heavy (non-hydrogen) atoms. The average molecular weight is 377 g/mol. The molecule has 0 aromatic heterocycles. The van der Waals surface area contributed by atoms with Crippen LogP contribution in [-0.2, 0) is 4.79 Å². The summed E-state index contributed by atoms with van der Waals surface area (Å²) in [6.45, 7) is 0. The molecule has 1 saturated carbocycles. The van der Waals surface area contributed by atoms with Crippen molar-refractivity contribution in [3.05, 3.63) is 63.6 Å². The topological polar surface area (TPSA) is 37.3 Å². The summed E-state index contributed by atoms with van der Waals surface area (Å²) < 4.78 is 14.3. The number of aliphatic hydroxyl groups excluding tert-OH is 1. The highest BCUT2D eigenvalue weighted by Gasteiger charge is 2.41. The minimum absolute atomic E-state index is 0.0182. The fourth-order valence-corrected chi connectivity index (χ4v) is 4.25. The van der Waals surface area contributed by atoms with Crippen molar-refractivity contribution in [3.8, 4) is 11.1 Å². The van der Waals surface area contributed by atoms with E-state index in [-0.39, 0.29) is 23.4 Å². The normalized spacial score (nSPS) is 22.6. The molecule has 4 rings (SSSR count). The van der Waals surface area contributed by atoms with Crippen molar-refractivity contribution in [2.24, 2.45) is 11.8 Å². The highest BCUT2D eigenvalue weighted by atomic mass is 35.5. The second kappa shape index (κ2) is 6.15. The van der Waals surface area contributed by atoms with E-state index < -0.39 is 5.82 Å². The zero-order chi connectivity index (χ0) is 17.7. The van der Waals surface area contributed by atoms with Gasteiger partial charge in [-0.25, -0.2) is 4.39 Å². The summed E-state index contributed by atoms with van der Waals surface area (Å²) in [5.41, 5.74) is 1.71. The number of ketones is 1. The van der Waals surface area contributed by atoms with Crippen LogP contribution < -0.4 is 0 Å². The van der Waals surface area contributed by atoms with E-state index in [0.717, 1.165) is 12.8 Å². The Morgan fingerprint density at radius 1 is 1.00 bits per heavy atom. The minimum atomic E-state index is -0.450. The van der Waals surface area contributed by atoms with Crippen LogP contribution in [0.15, 0.2) is 42.2 Å². The third-order valence-electron chi connectivity index (χ3n) is 5.17. The largest absolute Gasteiger partial charge is 0.511 e. The summed E-state index contributed by atoms with van der Waals surface area (Å²) in [5, 5.41) is 11.2. The molecule has 0 unspecified atom stereocenters. The Labute approximate surface area is 154 Å².